The lowest BCUT2D eigenvalue weighted by molar-refractivity contribution is -0.113. The Kier molecular flexibility index (Phi) is 4.07. The molecule has 2 aliphatic heterocycles. The smallest absolute Gasteiger partial charge is 0.137 e. The van der Waals surface area contributed by atoms with Gasteiger partial charge in [-0.15, -0.1) is 0 Å². The fraction of sp³-hybridized carbons (Fsp3) is 0.615. The second kappa shape index (κ2) is 5.38. The highest BCUT2D eigenvalue weighted by Crippen LogP contribution is 2.56. The van der Waals surface area contributed by atoms with Crippen molar-refractivity contribution in [2.24, 2.45) is 0 Å². The molecule has 0 aliphatic carbocycles. The van der Waals surface area contributed by atoms with E-state index in [0.29, 0.717) is 0 Å². The molecule has 0 spiro atoms. The van der Waals surface area contributed by atoms with E-state index in [0.717, 1.165) is 38.3 Å². The maximum Gasteiger partial charge on any atom is 0.137 e. The number of hydrogen-bond acceptors (Lipinski definition) is 3. The molecule has 0 radical (unpaired) electrons. The van der Waals surface area contributed by atoms with Crippen LogP contribution in [0.2, 0.25) is 0 Å². The number of ether oxygens (including phenoxy) is 1. The fourth-order valence-electron chi connectivity index (χ4n) is 2.29. The summed E-state index contributed by atoms with van der Waals surface area (Å²) < 4.78 is 5.33. The molecule has 0 amide bonds. The van der Waals surface area contributed by atoms with Crippen LogP contribution in [0.25, 0.3) is 0 Å². The van der Waals surface area contributed by atoms with Crippen molar-refractivity contribution in [3.8, 4) is 0 Å². The van der Waals surface area contributed by atoms with Gasteiger partial charge in [0.25, 0.3) is 0 Å². The van der Waals surface area contributed by atoms with Crippen LogP contribution < -0.4 is 0 Å². The van der Waals surface area contributed by atoms with E-state index in [1.807, 2.05) is 0 Å². The normalized spacial score (nSPS) is 35.1. The summed E-state index contributed by atoms with van der Waals surface area (Å²) in [6.45, 7) is 5.44. The van der Waals surface area contributed by atoms with Gasteiger partial charge in [-0.25, -0.2) is 0 Å². The minimum Gasteiger partial charge on any atom is -0.379 e. The summed E-state index contributed by atoms with van der Waals surface area (Å²) in [6, 6.07) is 0.0463. The topological polar surface area (TPSA) is 29.5 Å². The van der Waals surface area contributed by atoms with Crippen LogP contribution in [0.5, 0.6) is 0 Å². The Morgan fingerprint density at radius 1 is 1.53 bits per heavy atom. The van der Waals surface area contributed by atoms with Gasteiger partial charge in [0.05, 0.1) is 19.3 Å². The molecule has 0 aromatic carbocycles. The molecular formula is C13H21NO2S. The van der Waals surface area contributed by atoms with Crippen molar-refractivity contribution in [1.82, 2.24) is 4.90 Å². The molecule has 2 aliphatic rings. The van der Waals surface area contributed by atoms with E-state index < -0.39 is 10.0 Å². The zero-order valence-corrected chi connectivity index (χ0v) is 11.4. The Labute approximate surface area is 105 Å². The van der Waals surface area contributed by atoms with Crippen LogP contribution >= 0.6 is 10.0 Å². The molecule has 3 nitrogen and oxygen atoms in total. The standard InChI is InChI=1S/C13H21NO2S/c1-12-4-3-9-17(12,2)11-13(10-15)14-5-7-16-8-6-14/h3-4,9-10,13H,5-8,11H2,1-2H3. The molecular weight excluding hydrogens is 234 g/mol. The SMILES string of the molecule is CC1=CC=CS1(C)CC(C=O)N1CCOCC1. The number of hydrogen-bond donors (Lipinski definition) is 0. The summed E-state index contributed by atoms with van der Waals surface area (Å²) in [5, 5.41) is 2.29. The number of allylic oxidation sites excluding steroid dienone is 3. The second-order valence-electron chi connectivity index (χ2n) is 4.78. The van der Waals surface area contributed by atoms with E-state index in [1.54, 1.807) is 0 Å². The van der Waals surface area contributed by atoms with Crippen molar-refractivity contribution >= 4 is 16.3 Å². The first-order valence-corrected chi connectivity index (χ1v) is 8.31. The summed E-state index contributed by atoms with van der Waals surface area (Å²) >= 11 is 0. The summed E-state index contributed by atoms with van der Waals surface area (Å²) in [5.74, 6) is 0.954. The molecule has 4 heteroatoms. The van der Waals surface area contributed by atoms with Crippen molar-refractivity contribution in [3.05, 3.63) is 22.5 Å². The zero-order chi connectivity index (χ0) is 12.3. The van der Waals surface area contributed by atoms with Crippen LogP contribution in [0.15, 0.2) is 22.5 Å². The van der Waals surface area contributed by atoms with Gasteiger partial charge in [-0.1, -0.05) is 12.2 Å². The number of carbonyl (C=O) groups is 1. The molecule has 0 N–H and O–H groups in total. The lowest BCUT2D eigenvalue weighted by Gasteiger charge is -2.39. The van der Waals surface area contributed by atoms with Gasteiger partial charge in [0.15, 0.2) is 0 Å². The lowest BCUT2D eigenvalue weighted by Crippen LogP contribution is -2.46. The highest BCUT2D eigenvalue weighted by molar-refractivity contribution is 8.38. The Morgan fingerprint density at radius 3 is 2.76 bits per heavy atom. The quantitative estimate of drug-likeness (QED) is 0.717. The molecule has 1 saturated heterocycles. The van der Waals surface area contributed by atoms with Crippen LogP contribution in [0.1, 0.15) is 6.92 Å². The molecule has 1 fully saturated rings. The first kappa shape index (κ1) is 12.9. The van der Waals surface area contributed by atoms with E-state index in [1.165, 1.54) is 4.91 Å². The van der Waals surface area contributed by atoms with Gasteiger partial charge in [-0.2, -0.15) is 10.0 Å². The number of morpholine rings is 1. The number of nitrogens with zero attached hydrogens (tertiary/aromatic N) is 1. The average molecular weight is 255 g/mol. The van der Waals surface area contributed by atoms with Crippen LogP contribution in [0, 0.1) is 0 Å². The van der Waals surface area contributed by atoms with Crippen molar-refractivity contribution < 1.29 is 9.53 Å². The average Bonchev–Trinajstić information content (AvgIpc) is 2.68. The van der Waals surface area contributed by atoms with E-state index >= 15 is 0 Å². The molecule has 2 heterocycles. The number of carbonyl (C=O) groups excluding carboxylic acids is 1. The van der Waals surface area contributed by atoms with Gasteiger partial charge in [0.1, 0.15) is 6.29 Å². The zero-order valence-electron chi connectivity index (χ0n) is 10.6. The van der Waals surface area contributed by atoms with Crippen LogP contribution in [0.3, 0.4) is 0 Å². The Hall–Kier alpha value is -0.580. The van der Waals surface area contributed by atoms with Crippen LogP contribution in [-0.2, 0) is 9.53 Å². The van der Waals surface area contributed by atoms with E-state index in [9.17, 15) is 4.79 Å². The third-order valence-corrected chi connectivity index (χ3v) is 7.03. The van der Waals surface area contributed by atoms with Crippen molar-refractivity contribution in [2.45, 2.75) is 13.0 Å². The third kappa shape index (κ3) is 2.81. The summed E-state index contributed by atoms with van der Waals surface area (Å²) in [6.07, 6.45) is 7.71. The molecule has 0 aromatic heterocycles. The molecule has 2 atom stereocenters. The van der Waals surface area contributed by atoms with Crippen LogP contribution in [-0.4, -0.2) is 55.5 Å². The Morgan fingerprint density at radius 2 is 2.24 bits per heavy atom. The molecule has 96 valence electrons. The van der Waals surface area contributed by atoms with Gasteiger partial charge in [0, 0.05) is 18.8 Å². The highest BCUT2D eigenvalue weighted by Gasteiger charge is 2.28. The van der Waals surface area contributed by atoms with Crippen molar-refractivity contribution in [2.75, 3.05) is 38.3 Å². The largest absolute Gasteiger partial charge is 0.379 e. The van der Waals surface area contributed by atoms with Gasteiger partial charge >= 0.3 is 0 Å². The van der Waals surface area contributed by atoms with E-state index in [2.05, 4.69) is 35.6 Å². The number of aldehydes is 1. The van der Waals surface area contributed by atoms with Crippen molar-refractivity contribution in [3.63, 3.8) is 0 Å². The van der Waals surface area contributed by atoms with Gasteiger partial charge in [0.2, 0.25) is 0 Å². The summed E-state index contributed by atoms with van der Waals surface area (Å²) in [4.78, 5) is 15.0. The van der Waals surface area contributed by atoms with Crippen molar-refractivity contribution in [1.29, 1.82) is 0 Å². The molecule has 2 rings (SSSR count). The second-order valence-corrected chi connectivity index (χ2v) is 8.35. The molecule has 0 aromatic rings. The molecule has 0 bridgehead atoms. The van der Waals surface area contributed by atoms with Gasteiger partial charge < -0.3 is 9.53 Å². The summed E-state index contributed by atoms with van der Waals surface area (Å²) in [5.41, 5.74) is 0. The maximum atomic E-state index is 11.3. The first-order chi connectivity index (χ1) is 8.15. The number of rotatable bonds is 4. The predicted molar refractivity (Wildman–Crippen MR) is 73.5 cm³/mol. The highest BCUT2D eigenvalue weighted by atomic mass is 32.3. The molecule has 2 unspecified atom stereocenters. The molecule has 0 saturated carbocycles. The van der Waals surface area contributed by atoms with E-state index in [4.69, 9.17) is 4.74 Å². The van der Waals surface area contributed by atoms with Gasteiger partial charge in [-0.3, -0.25) is 4.90 Å². The lowest BCUT2D eigenvalue weighted by atomic mass is 10.3. The minimum absolute atomic E-state index is 0.0463. The minimum atomic E-state index is -0.876. The maximum absolute atomic E-state index is 11.3. The predicted octanol–water partition coefficient (Wildman–Crippen LogP) is 1.75. The Balaban J connectivity index is 2.02. The first-order valence-electron chi connectivity index (χ1n) is 6.04. The summed E-state index contributed by atoms with van der Waals surface area (Å²) in [7, 11) is -0.876. The van der Waals surface area contributed by atoms with E-state index in [-0.39, 0.29) is 6.04 Å². The fourth-order valence-corrected chi connectivity index (χ4v) is 4.69. The Bertz CT molecular complexity index is 347. The third-order valence-electron chi connectivity index (χ3n) is 3.63. The van der Waals surface area contributed by atoms with Gasteiger partial charge in [-0.05, 0) is 23.5 Å². The monoisotopic (exact) mass is 255 g/mol. The molecule has 17 heavy (non-hydrogen) atoms. The van der Waals surface area contributed by atoms with Crippen LogP contribution in [0.4, 0.5) is 0 Å².